The number of carbonyl (C=O) groups is 1. The first-order chi connectivity index (χ1) is 18.4. The summed E-state index contributed by atoms with van der Waals surface area (Å²) in [5, 5.41) is 8.25. The minimum absolute atomic E-state index is 0.00296. The number of hydrogen-bond donors (Lipinski definition) is 1. The molecule has 1 N–H and O–H groups in total. The topological polar surface area (TPSA) is 77.9 Å². The van der Waals surface area contributed by atoms with E-state index in [9.17, 15) is 49.1 Å². The number of hydrogen-bond acceptors (Lipinski definition) is 4. The van der Waals surface area contributed by atoms with Gasteiger partial charge < -0.3 is 14.9 Å². The van der Waals surface area contributed by atoms with Crippen molar-refractivity contribution in [1.82, 2.24) is 9.80 Å². The maximum absolute atomic E-state index is 13.8. The van der Waals surface area contributed by atoms with Crippen LogP contribution in [-0.4, -0.2) is 60.6 Å². The van der Waals surface area contributed by atoms with Crippen LogP contribution in [0.25, 0.3) is 0 Å². The molecule has 3 rings (SSSR count). The third kappa shape index (κ3) is 6.88. The number of sulfone groups is 1. The number of aryl methyl sites for hydroxylation is 1. The molecule has 1 fully saturated rings. The molecule has 0 radical (unpaired) electrons. The lowest BCUT2D eigenvalue weighted by Gasteiger charge is -2.42. The maximum Gasteiger partial charge on any atom is 0.416 e. The van der Waals surface area contributed by atoms with Crippen molar-refractivity contribution in [2.75, 3.05) is 26.0 Å². The highest BCUT2D eigenvalue weighted by Gasteiger charge is 2.41. The smallest absolute Gasteiger partial charge is 0.395 e. The summed E-state index contributed by atoms with van der Waals surface area (Å²) >= 11 is 0. The molecule has 0 aliphatic carbocycles. The van der Waals surface area contributed by atoms with Gasteiger partial charge in [-0.05, 0) is 73.7 Å². The van der Waals surface area contributed by atoms with E-state index in [1.165, 1.54) is 31.0 Å². The summed E-state index contributed by atoms with van der Waals surface area (Å²) in [5.74, 6) is -1.05. The average Bonchev–Trinajstić information content (AvgIpc) is 2.85. The molecule has 1 aliphatic rings. The largest absolute Gasteiger partial charge is 0.416 e. The van der Waals surface area contributed by atoms with Gasteiger partial charge >= 0.3 is 18.4 Å². The number of carbonyl (C=O) groups excluding carboxylic acids is 1. The average molecular weight is 599 g/mol. The second-order valence-corrected chi connectivity index (χ2v) is 12.3. The van der Waals surface area contributed by atoms with E-state index in [0.29, 0.717) is 23.3 Å². The van der Waals surface area contributed by atoms with E-state index in [1.54, 1.807) is 6.92 Å². The number of piperidine rings is 1. The Balaban J connectivity index is 2.00. The van der Waals surface area contributed by atoms with Gasteiger partial charge in [-0.1, -0.05) is 6.07 Å². The number of aliphatic hydroxyl groups is 1. The van der Waals surface area contributed by atoms with Gasteiger partial charge in [0.2, 0.25) is 0 Å². The SMILES string of the molecule is Cc1cc(F)ccc1[C@H]1C[C@@H](S(=O)(=O)CCO)CCN1C(=O)N(C)[C@H](C)c1cc(C(F)(F)F)cc(C(F)(F)F)c1. The lowest BCUT2D eigenvalue weighted by molar-refractivity contribution is -0.143. The number of urea groups is 1. The molecule has 1 heterocycles. The van der Waals surface area contributed by atoms with Crippen LogP contribution in [0.3, 0.4) is 0 Å². The number of rotatable bonds is 6. The maximum atomic E-state index is 13.8. The molecule has 1 saturated heterocycles. The van der Waals surface area contributed by atoms with Crippen LogP contribution in [0.15, 0.2) is 36.4 Å². The van der Waals surface area contributed by atoms with E-state index < -0.39 is 80.4 Å². The molecule has 0 aromatic heterocycles. The molecule has 0 spiro atoms. The molecule has 14 heteroatoms. The summed E-state index contributed by atoms with van der Waals surface area (Å²) in [6.45, 7) is 2.15. The fourth-order valence-electron chi connectivity index (χ4n) is 4.90. The first-order valence-electron chi connectivity index (χ1n) is 12.3. The number of alkyl halides is 6. The van der Waals surface area contributed by atoms with E-state index in [-0.39, 0.29) is 25.5 Å². The second kappa shape index (κ2) is 11.6. The van der Waals surface area contributed by atoms with Crippen molar-refractivity contribution < 1.29 is 49.1 Å². The molecule has 0 unspecified atom stereocenters. The molecule has 3 atom stereocenters. The lowest BCUT2D eigenvalue weighted by Crippen LogP contribution is -2.50. The van der Waals surface area contributed by atoms with Gasteiger partial charge in [0.1, 0.15) is 5.82 Å². The van der Waals surface area contributed by atoms with Gasteiger partial charge in [0.25, 0.3) is 0 Å². The molecule has 2 amide bonds. The Bertz CT molecular complexity index is 1310. The van der Waals surface area contributed by atoms with Gasteiger partial charge in [0.15, 0.2) is 9.84 Å². The van der Waals surface area contributed by atoms with Crippen molar-refractivity contribution >= 4 is 15.9 Å². The van der Waals surface area contributed by atoms with E-state index in [2.05, 4.69) is 0 Å². The number of aliphatic hydroxyl groups excluding tert-OH is 1. The third-order valence-corrected chi connectivity index (χ3v) is 9.45. The molecule has 40 heavy (non-hydrogen) atoms. The van der Waals surface area contributed by atoms with Crippen molar-refractivity contribution in [2.24, 2.45) is 0 Å². The zero-order valence-electron chi connectivity index (χ0n) is 21.9. The number of likely N-dealkylation sites (tertiary alicyclic amines) is 1. The van der Waals surface area contributed by atoms with Crippen LogP contribution in [0, 0.1) is 12.7 Å². The standard InChI is InChI=1S/C26H29F7N2O4S/c1-15-10-20(27)4-5-22(15)23-14-21(40(38,39)9-8-36)6-7-35(23)24(37)34(3)16(2)17-11-18(25(28,29)30)13-19(12-17)26(31,32)33/h4-5,10-13,16,21,23,36H,6-9,14H2,1-3H3/t16-,21+,23-/m1/s1. The summed E-state index contributed by atoms with van der Waals surface area (Å²) in [6, 6.07) is 1.99. The Morgan fingerprint density at radius 1 is 1.07 bits per heavy atom. The minimum Gasteiger partial charge on any atom is -0.395 e. The van der Waals surface area contributed by atoms with Gasteiger partial charge in [-0.3, -0.25) is 0 Å². The first kappa shape index (κ1) is 31.7. The lowest BCUT2D eigenvalue weighted by atomic mass is 9.92. The molecule has 222 valence electrons. The van der Waals surface area contributed by atoms with Crippen LogP contribution in [-0.2, 0) is 22.2 Å². The Morgan fingerprint density at radius 2 is 1.65 bits per heavy atom. The minimum atomic E-state index is -5.06. The second-order valence-electron chi connectivity index (χ2n) is 9.86. The number of nitrogens with zero attached hydrogens (tertiary/aromatic N) is 2. The first-order valence-corrected chi connectivity index (χ1v) is 14.0. The van der Waals surface area contributed by atoms with Crippen LogP contribution in [0.1, 0.15) is 59.7 Å². The Hall–Kier alpha value is -2.87. The van der Waals surface area contributed by atoms with Crippen molar-refractivity contribution in [3.63, 3.8) is 0 Å². The predicted molar refractivity (Wildman–Crippen MR) is 132 cm³/mol. The summed E-state index contributed by atoms with van der Waals surface area (Å²) < 4.78 is 120. The highest BCUT2D eigenvalue weighted by molar-refractivity contribution is 7.92. The molecule has 2 aromatic rings. The van der Waals surface area contributed by atoms with Crippen molar-refractivity contribution in [2.45, 2.75) is 56.4 Å². The number of amides is 2. The van der Waals surface area contributed by atoms with Gasteiger partial charge in [-0.25, -0.2) is 17.6 Å². The van der Waals surface area contributed by atoms with Gasteiger partial charge in [0, 0.05) is 13.6 Å². The van der Waals surface area contributed by atoms with Crippen LogP contribution < -0.4 is 0 Å². The van der Waals surface area contributed by atoms with Crippen molar-refractivity contribution in [1.29, 1.82) is 0 Å². The zero-order chi connectivity index (χ0) is 30.2. The van der Waals surface area contributed by atoms with Gasteiger partial charge in [-0.2, -0.15) is 26.3 Å². The van der Waals surface area contributed by atoms with E-state index in [1.807, 2.05) is 0 Å². The Morgan fingerprint density at radius 3 is 2.15 bits per heavy atom. The monoisotopic (exact) mass is 598 g/mol. The molecule has 6 nitrogen and oxygen atoms in total. The number of halogens is 7. The summed E-state index contributed by atoms with van der Waals surface area (Å²) in [4.78, 5) is 15.9. The van der Waals surface area contributed by atoms with Crippen LogP contribution in [0.5, 0.6) is 0 Å². The van der Waals surface area contributed by atoms with E-state index >= 15 is 0 Å². The van der Waals surface area contributed by atoms with Crippen LogP contribution in [0.4, 0.5) is 35.5 Å². The van der Waals surface area contributed by atoms with Gasteiger partial charge in [-0.15, -0.1) is 0 Å². The Labute approximate surface area is 227 Å². The molecule has 0 bridgehead atoms. The van der Waals surface area contributed by atoms with Crippen LogP contribution in [0.2, 0.25) is 0 Å². The highest BCUT2D eigenvalue weighted by Crippen LogP contribution is 2.40. The fraction of sp³-hybridized carbons (Fsp3) is 0.500. The molecule has 0 saturated carbocycles. The number of benzene rings is 2. The summed E-state index contributed by atoms with van der Waals surface area (Å²) in [6.07, 6.45) is -10.2. The molecular formula is C26H29F7N2O4S. The molecule has 2 aromatic carbocycles. The van der Waals surface area contributed by atoms with Crippen molar-refractivity contribution in [3.05, 3.63) is 70.0 Å². The van der Waals surface area contributed by atoms with Gasteiger partial charge in [0.05, 0.1) is 40.8 Å². The van der Waals surface area contributed by atoms with E-state index in [4.69, 9.17) is 0 Å². The van der Waals surface area contributed by atoms with Crippen molar-refractivity contribution in [3.8, 4) is 0 Å². The normalized spacial score (nSPS) is 19.4. The predicted octanol–water partition coefficient (Wildman–Crippen LogP) is 5.90. The van der Waals surface area contributed by atoms with E-state index in [0.717, 1.165) is 11.0 Å². The summed E-state index contributed by atoms with van der Waals surface area (Å²) in [5.41, 5.74) is -2.56. The fourth-order valence-corrected chi connectivity index (χ4v) is 6.43. The Kier molecular flexibility index (Phi) is 9.14. The van der Waals surface area contributed by atoms with Crippen LogP contribution >= 0.6 is 0 Å². The highest BCUT2D eigenvalue weighted by atomic mass is 32.2. The molecule has 1 aliphatic heterocycles. The molecular weight excluding hydrogens is 569 g/mol. The quantitative estimate of drug-likeness (QED) is 0.421. The summed E-state index contributed by atoms with van der Waals surface area (Å²) in [7, 11) is -2.52. The third-order valence-electron chi connectivity index (χ3n) is 7.25. The zero-order valence-corrected chi connectivity index (χ0v) is 22.7.